The van der Waals surface area contributed by atoms with Crippen molar-refractivity contribution < 1.29 is 9.50 Å². The molecule has 22 heavy (non-hydrogen) atoms. The van der Waals surface area contributed by atoms with Crippen LogP contribution in [0.1, 0.15) is 11.4 Å². The number of nitrogens with zero attached hydrogens (tertiary/aromatic N) is 4. The van der Waals surface area contributed by atoms with Gasteiger partial charge in [-0.3, -0.25) is 0 Å². The van der Waals surface area contributed by atoms with Gasteiger partial charge in [-0.05, 0) is 19.1 Å². The number of aryl methyl sites for hydroxylation is 1. The molecule has 2 heterocycles. The molecule has 1 aromatic carbocycles. The van der Waals surface area contributed by atoms with Crippen molar-refractivity contribution >= 4 is 11.5 Å². The molecule has 5 nitrogen and oxygen atoms in total. The van der Waals surface area contributed by atoms with E-state index in [1.807, 2.05) is 17.9 Å². The van der Waals surface area contributed by atoms with E-state index in [4.69, 9.17) is 0 Å². The Bertz CT molecular complexity index is 656. The van der Waals surface area contributed by atoms with Gasteiger partial charge in [0.1, 0.15) is 11.6 Å². The van der Waals surface area contributed by atoms with Crippen LogP contribution in [-0.2, 0) is 6.61 Å². The molecule has 1 N–H and O–H groups in total. The summed E-state index contributed by atoms with van der Waals surface area (Å²) >= 11 is 0. The van der Waals surface area contributed by atoms with Crippen molar-refractivity contribution in [2.45, 2.75) is 13.5 Å². The Hall–Kier alpha value is -2.21. The quantitative estimate of drug-likeness (QED) is 0.936. The van der Waals surface area contributed by atoms with Crippen molar-refractivity contribution in [3.63, 3.8) is 0 Å². The van der Waals surface area contributed by atoms with Crippen LogP contribution in [0.4, 0.5) is 15.9 Å². The van der Waals surface area contributed by atoms with E-state index in [0.29, 0.717) is 11.3 Å². The largest absolute Gasteiger partial charge is 0.392 e. The van der Waals surface area contributed by atoms with Crippen LogP contribution in [0.15, 0.2) is 30.5 Å². The molecular weight excluding hydrogens is 283 g/mol. The summed E-state index contributed by atoms with van der Waals surface area (Å²) < 4.78 is 14.3. The number of aromatic nitrogens is 2. The molecule has 0 bridgehead atoms. The molecule has 0 atom stereocenters. The molecule has 116 valence electrons. The van der Waals surface area contributed by atoms with Gasteiger partial charge in [0, 0.05) is 37.9 Å². The van der Waals surface area contributed by atoms with E-state index >= 15 is 0 Å². The highest BCUT2D eigenvalue weighted by Gasteiger charge is 2.21. The summed E-state index contributed by atoms with van der Waals surface area (Å²) in [6.07, 6.45) is 1.76. The van der Waals surface area contributed by atoms with Gasteiger partial charge in [-0.25, -0.2) is 14.4 Å². The zero-order valence-electron chi connectivity index (χ0n) is 12.5. The molecule has 1 aliphatic rings. The smallest absolute Gasteiger partial charge is 0.151 e. The molecule has 6 heteroatoms. The monoisotopic (exact) mass is 302 g/mol. The van der Waals surface area contributed by atoms with E-state index < -0.39 is 0 Å². The third-order valence-electron chi connectivity index (χ3n) is 3.93. The number of piperazine rings is 1. The molecular formula is C16H19FN4O. The number of aliphatic hydroxyl groups is 1. The van der Waals surface area contributed by atoms with Crippen LogP contribution in [0.3, 0.4) is 0 Å². The molecule has 1 saturated heterocycles. The van der Waals surface area contributed by atoms with Crippen molar-refractivity contribution in [1.82, 2.24) is 9.97 Å². The highest BCUT2D eigenvalue weighted by atomic mass is 19.1. The van der Waals surface area contributed by atoms with Crippen LogP contribution in [-0.4, -0.2) is 41.3 Å². The van der Waals surface area contributed by atoms with E-state index in [-0.39, 0.29) is 12.4 Å². The summed E-state index contributed by atoms with van der Waals surface area (Å²) in [6, 6.07) is 7.05. The first-order chi connectivity index (χ1) is 10.7. The molecule has 1 aliphatic heterocycles. The van der Waals surface area contributed by atoms with Gasteiger partial charge in [-0.1, -0.05) is 12.1 Å². The van der Waals surface area contributed by atoms with Gasteiger partial charge in [0.25, 0.3) is 0 Å². The summed E-state index contributed by atoms with van der Waals surface area (Å²) in [5, 5.41) is 9.18. The fourth-order valence-electron chi connectivity index (χ4n) is 2.73. The standard InChI is InChI=1S/C16H19FN4O/c1-12-18-6-5-15(19-12)21-9-7-20(8-10-21)14-4-2-3-13(11-22)16(14)17/h2-6,22H,7-11H2,1H3. The first-order valence-corrected chi connectivity index (χ1v) is 7.37. The molecule has 0 radical (unpaired) electrons. The first kappa shape index (κ1) is 14.7. The van der Waals surface area contributed by atoms with E-state index in [2.05, 4.69) is 14.9 Å². The number of benzene rings is 1. The van der Waals surface area contributed by atoms with Crippen LogP contribution in [0, 0.1) is 12.7 Å². The number of anilines is 2. The molecule has 0 amide bonds. The molecule has 3 rings (SSSR count). The molecule has 0 saturated carbocycles. The third kappa shape index (κ3) is 2.87. The Morgan fingerprint density at radius 3 is 2.55 bits per heavy atom. The molecule has 0 unspecified atom stereocenters. The minimum absolute atomic E-state index is 0.278. The molecule has 1 aromatic heterocycles. The van der Waals surface area contributed by atoms with E-state index in [9.17, 15) is 9.50 Å². The first-order valence-electron chi connectivity index (χ1n) is 7.37. The third-order valence-corrected chi connectivity index (χ3v) is 3.93. The number of rotatable bonds is 3. The van der Waals surface area contributed by atoms with Crippen molar-refractivity contribution in [2.75, 3.05) is 36.0 Å². The van der Waals surface area contributed by atoms with Crippen molar-refractivity contribution in [3.8, 4) is 0 Å². The van der Waals surface area contributed by atoms with E-state index in [1.54, 1.807) is 24.4 Å². The highest BCUT2D eigenvalue weighted by molar-refractivity contribution is 5.52. The van der Waals surface area contributed by atoms with Gasteiger partial charge in [0.15, 0.2) is 5.82 Å². The van der Waals surface area contributed by atoms with Gasteiger partial charge in [-0.15, -0.1) is 0 Å². The SMILES string of the molecule is Cc1nccc(N2CCN(c3cccc(CO)c3F)CC2)n1. The zero-order valence-corrected chi connectivity index (χ0v) is 12.5. The maximum Gasteiger partial charge on any atom is 0.151 e. The Morgan fingerprint density at radius 1 is 1.14 bits per heavy atom. The lowest BCUT2D eigenvalue weighted by molar-refractivity contribution is 0.276. The minimum Gasteiger partial charge on any atom is -0.392 e. The Labute approximate surface area is 129 Å². The van der Waals surface area contributed by atoms with Gasteiger partial charge in [0.2, 0.25) is 0 Å². The Morgan fingerprint density at radius 2 is 1.86 bits per heavy atom. The fourth-order valence-corrected chi connectivity index (χ4v) is 2.73. The van der Waals surface area contributed by atoms with Crippen LogP contribution in [0.2, 0.25) is 0 Å². The summed E-state index contributed by atoms with van der Waals surface area (Å²) in [5.74, 6) is 1.34. The van der Waals surface area contributed by atoms with Crippen LogP contribution >= 0.6 is 0 Å². The zero-order chi connectivity index (χ0) is 15.5. The molecule has 1 fully saturated rings. The van der Waals surface area contributed by atoms with Crippen LogP contribution in [0.25, 0.3) is 0 Å². The van der Waals surface area contributed by atoms with E-state index in [0.717, 1.165) is 37.8 Å². The van der Waals surface area contributed by atoms with Crippen LogP contribution < -0.4 is 9.80 Å². The fraction of sp³-hybridized carbons (Fsp3) is 0.375. The summed E-state index contributed by atoms with van der Waals surface area (Å²) in [5.41, 5.74) is 0.899. The predicted molar refractivity (Wildman–Crippen MR) is 83.5 cm³/mol. The minimum atomic E-state index is -0.323. The number of hydrogen-bond donors (Lipinski definition) is 1. The average Bonchev–Trinajstić information content (AvgIpc) is 2.55. The lowest BCUT2D eigenvalue weighted by Crippen LogP contribution is -2.47. The van der Waals surface area contributed by atoms with Gasteiger partial charge < -0.3 is 14.9 Å². The summed E-state index contributed by atoms with van der Waals surface area (Å²) in [6.45, 7) is 4.58. The second kappa shape index (κ2) is 6.27. The maximum absolute atomic E-state index is 14.3. The summed E-state index contributed by atoms with van der Waals surface area (Å²) in [4.78, 5) is 12.7. The van der Waals surface area contributed by atoms with Gasteiger partial charge in [-0.2, -0.15) is 0 Å². The highest BCUT2D eigenvalue weighted by Crippen LogP contribution is 2.24. The second-order valence-corrected chi connectivity index (χ2v) is 5.34. The van der Waals surface area contributed by atoms with Crippen molar-refractivity contribution in [3.05, 3.63) is 47.7 Å². The van der Waals surface area contributed by atoms with Gasteiger partial charge in [0.05, 0.1) is 12.3 Å². The number of halogens is 1. The molecule has 2 aromatic rings. The second-order valence-electron chi connectivity index (χ2n) is 5.34. The Balaban J connectivity index is 1.72. The lowest BCUT2D eigenvalue weighted by Gasteiger charge is -2.37. The normalized spacial score (nSPS) is 15.2. The lowest BCUT2D eigenvalue weighted by atomic mass is 10.1. The molecule has 0 spiro atoms. The topological polar surface area (TPSA) is 52.5 Å². The Kier molecular flexibility index (Phi) is 4.20. The number of hydrogen-bond acceptors (Lipinski definition) is 5. The van der Waals surface area contributed by atoms with Crippen molar-refractivity contribution in [2.24, 2.45) is 0 Å². The summed E-state index contributed by atoms with van der Waals surface area (Å²) in [7, 11) is 0. The number of aliphatic hydroxyl groups excluding tert-OH is 1. The van der Waals surface area contributed by atoms with Crippen LogP contribution in [0.5, 0.6) is 0 Å². The predicted octanol–water partition coefficient (Wildman–Crippen LogP) is 1.74. The average molecular weight is 302 g/mol. The maximum atomic E-state index is 14.3. The van der Waals surface area contributed by atoms with Crippen molar-refractivity contribution in [1.29, 1.82) is 0 Å². The van der Waals surface area contributed by atoms with E-state index in [1.165, 1.54) is 0 Å². The molecule has 0 aliphatic carbocycles. The van der Waals surface area contributed by atoms with Gasteiger partial charge >= 0.3 is 0 Å².